The van der Waals surface area contributed by atoms with E-state index in [1.807, 2.05) is 0 Å². The second-order valence-corrected chi connectivity index (χ2v) is 1.33. The first-order valence-electron chi connectivity index (χ1n) is 1.20. The first kappa shape index (κ1) is 5.21. The molecule has 0 bridgehead atoms. The SMILES string of the molecule is B=CSCF. The average molecular weight is 89.9 g/mol. The predicted octanol–water partition coefficient (Wildman–Crippen LogP) is 0.307. The molecule has 0 N–H and O–H groups in total. The summed E-state index contributed by atoms with van der Waals surface area (Å²) in [5.41, 5.74) is 0. The molecule has 28 valence electrons. The fourth-order valence-corrected chi connectivity index (χ4v) is 0.134. The molecule has 5 heavy (non-hydrogen) atoms. The molecule has 0 aromatic rings. The number of halogens is 1. The van der Waals surface area contributed by atoms with Gasteiger partial charge < -0.3 is 0 Å². The van der Waals surface area contributed by atoms with Gasteiger partial charge in [-0.3, -0.25) is 0 Å². The number of alkyl halides is 1. The van der Waals surface area contributed by atoms with Crippen molar-refractivity contribution in [2.24, 2.45) is 0 Å². The Morgan fingerprint density at radius 3 is 2.60 bits per heavy atom. The fourth-order valence-electron chi connectivity index (χ4n) is 0.0445. The molecule has 0 atom stereocenters. The van der Waals surface area contributed by atoms with Gasteiger partial charge in [0.25, 0.3) is 0 Å². The van der Waals surface area contributed by atoms with E-state index in [4.69, 9.17) is 0 Å². The van der Waals surface area contributed by atoms with E-state index in [2.05, 4.69) is 7.49 Å². The molecule has 0 spiro atoms. The Labute approximate surface area is 35.8 Å². The van der Waals surface area contributed by atoms with Crippen molar-refractivity contribution in [1.82, 2.24) is 0 Å². The van der Waals surface area contributed by atoms with Gasteiger partial charge in [-0.05, 0) is 0 Å². The molecule has 0 unspecified atom stereocenters. The van der Waals surface area contributed by atoms with Crippen LogP contribution in [0.5, 0.6) is 0 Å². The Balaban J connectivity index is 2.40. The number of hydrogen-bond acceptors (Lipinski definition) is 1. The van der Waals surface area contributed by atoms with Crippen molar-refractivity contribution in [2.75, 3.05) is 6.01 Å². The van der Waals surface area contributed by atoms with Gasteiger partial charge in [0.1, 0.15) is 0 Å². The van der Waals surface area contributed by atoms with Crippen molar-refractivity contribution in [3.63, 3.8) is 0 Å². The number of thioether (sulfide) groups is 1. The first-order chi connectivity index (χ1) is 2.41. The Morgan fingerprint density at radius 1 is 2.00 bits per heavy atom. The summed E-state index contributed by atoms with van der Waals surface area (Å²) in [5.74, 6) is 0. The Kier molecular flexibility index (Phi) is 4.40. The van der Waals surface area contributed by atoms with E-state index in [0.717, 1.165) is 11.8 Å². The van der Waals surface area contributed by atoms with Crippen LogP contribution in [-0.4, -0.2) is 18.8 Å². The summed E-state index contributed by atoms with van der Waals surface area (Å²) in [5, 5.41) is 1.47. The topological polar surface area (TPSA) is 0 Å². The molecule has 0 heterocycles. The van der Waals surface area contributed by atoms with Crippen LogP contribution >= 0.6 is 11.8 Å². The molecule has 0 aliphatic heterocycles. The quantitative estimate of drug-likeness (QED) is 0.439. The molecular formula is C2H4BFS. The summed E-state index contributed by atoms with van der Waals surface area (Å²) in [6.45, 7) is 0. The van der Waals surface area contributed by atoms with Crippen LogP contribution in [0.25, 0.3) is 0 Å². The third kappa shape index (κ3) is 4.21. The van der Waals surface area contributed by atoms with Crippen LogP contribution in [0.15, 0.2) is 0 Å². The molecule has 0 fully saturated rings. The third-order valence-corrected chi connectivity index (χ3v) is 0.543. The van der Waals surface area contributed by atoms with Gasteiger partial charge in [0.05, 0.1) is 0 Å². The maximum absolute atomic E-state index is 10.9. The van der Waals surface area contributed by atoms with Gasteiger partial charge in [-0.15, -0.1) is 0 Å². The summed E-state index contributed by atoms with van der Waals surface area (Å²) < 4.78 is 10.9. The van der Waals surface area contributed by atoms with Gasteiger partial charge in [-0.1, -0.05) is 0 Å². The molecule has 0 nitrogen and oxygen atoms in total. The monoisotopic (exact) mass is 90.0 g/mol. The van der Waals surface area contributed by atoms with Crippen molar-refractivity contribution in [3.8, 4) is 0 Å². The van der Waals surface area contributed by atoms with Crippen molar-refractivity contribution < 1.29 is 4.39 Å². The summed E-state index contributed by atoms with van der Waals surface area (Å²) in [6.07, 6.45) is 0. The van der Waals surface area contributed by atoms with Crippen molar-refractivity contribution in [1.29, 1.82) is 0 Å². The van der Waals surface area contributed by atoms with E-state index in [9.17, 15) is 4.39 Å². The Bertz CT molecular complexity index is 30.8. The summed E-state index contributed by atoms with van der Waals surface area (Å²) in [4.78, 5) is 0. The molecule has 0 aromatic carbocycles. The molecule has 0 saturated heterocycles. The summed E-state index contributed by atoms with van der Waals surface area (Å²) >= 11 is 1.06. The zero-order valence-corrected chi connectivity index (χ0v) is 3.59. The van der Waals surface area contributed by atoms with Crippen LogP contribution in [0.4, 0.5) is 4.39 Å². The van der Waals surface area contributed by atoms with E-state index < -0.39 is 0 Å². The minimum atomic E-state index is -0.358. The summed E-state index contributed by atoms with van der Waals surface area (Å²) in [6, 6.07) is -0.358. The van der Waals surface area contributed by atoms with Crippen LogP contribution in [-0.2, 0) is 0 Å². The van der Waals surface area contributed by atoms with E-state index in [-0.39, 0.29) is 6.01 Å². The zero-order chi connectivity index (χ0) is 4.12. The Morgan fingerprint density at radius 2 is 2.60 bits per heavy atom. The first-order valence-corrected chi connectivity index (χ1v) is 2.25. The van der Waals surface area contributed by atoms with Crippen LogP contribution < -0.4 is 0 Å². The van der Waals surface area contributed by atoms with E-state index in [1.54, 1.807) is 0 Å². The molecule has 0 amide bonds. The molecule has 0 aromatic heterocycles. The van der Waals surface area contributed by atoms with Crippen molar-refractivity contribution in [2.45, 2.75) is 0 Å². The molecule has 0 rings (SSSR count). The van der Waals surface area contributed by atoms with Crippen LogP contribution in [0.2, 0.25) is 0 Å². The van der Waals surface area contributed by atoms with Crippen molar-refractivity contribution in [3.05, 3.63) is 0 Å². The molecule has 0 radical (unpaired) electrons. The second-order valence-electron chi connectivity index (χ2n) is 0.442. The van der Waals surface area contributed by atoms with E-state index in [0.29, 0.717) is 0 Å². The zero-order valence-electron chi connectivity index (χ0n) is 2.78. The predicted molar refractivity (Wildman–Crippen MR) is 26.8 cm³/mol. The van der Waals surface area contributed by atoms with Crippen molar-refractivity contribution >= 4 is 24.5 Å². The minimum absolute atomic E-state index is 0.358. The molecule has 0 saturated carbocycles. The van der Waals surface area contributed by atoms with E-state index in [1.165, 1.54) is 5.30 Å². The van der Waals surface area contributed by atoms with Gasteiger partial charge in [-0.2, -0.15) is 0 Å². The molecule has 0 aliphatic rings. The van der Waals surface area contributed by atoms with Gasteiger partial charge in [-0.25, -0.2) is 0 Å². The number of rotatable bonds is 2. The molecular weight excluding hydrogens is 85.9 g/mol. The summed E-state index contributed by atoms with van der Waals surface area (Å²) in [7, 11) is 3.27. The number of hydrogen-bond donors (Lipinski definition) is 0. The van der Waals surface area contributed by atoms with Gasteiger partial charge >= 0.3 is 34.9 Å². The van der Waals surface area contributed by atoms with Crippen LogP contribution in [0.3, 0.4) is 0 Å². The average Bonchev–Trinajstić information content (AvgIpc) is 1.41. The molecule has 3 heteroatoms. The van der Waals surface area contributed by atoms with Crippen LogP contribution in [0.1, 0.15) is 0 Å². The second kappa shape index (κ2) is 4.21. The van der Waals surface area contributed by atoms with E-state index >= 15 is 0 Å². The normalized spacial score (nSPS) is 7.20. The van der Waals surface area contributed by atoms with Gasteiger partial charge in [0, 0.05) is 0 Å². The maximum atomic E-state index is 10.9. The van der Waals surface area contributed by atoms with Crippen LogP contribution in [0, 0.1) is 0 Å². The van der Waals surface area contributed by atoms with Gasteiger partial charge in [0.2, 0.25) is 0 Å². The fraction of sp³-hybridized carbons (Fsp3) is 0.500. The third-order valence-electron chi connectivity index (χ3n) is 0.181. The Hall–Kier alpha value is 0.215. The standard InChI is InChI=1S/C2H4BFS/c3-1-5-2-4/h1,3H,2H2. The van der Waals surface area contributed by atoms with Gasteiger partial charge in [0.15, 0.2) is 0 Å². The molecule has 0 aliphatic carbocycles.